The van der Waals surface area contributed by atoms with Crippen LogP contribution >= 0.6 is 0 Å². The molecule has 1 heterocycles. The van der Waals surface area contributed by atoms with Gasteiger partial charge in [-0.05, 0) is 25.1 Å². The number of hydrogen-bond donors (Lipinski definition) is 1. The SMILES string of the molecule is CC1CN(S(=O)(=O)c2cccc(C#CCN)c2)CCO1. The molecule has 108 valence electrons. The number of nitrogens with two attached hydrogens (primary N) is 1. The van der Waals surface area contributed by atoms with Gasteiger partial charge in [0, 0.05) is 18.7 Å². The van der Waals surface area contributed by atoms with Crippen LogP contribution < -0.4 is 5.73 Å². The second kappa shape index (κ2) is 6.37. The van der Waals surface area contributed by atoms with E-state index in [9.17, 15) is 8.42 Å². The molecule has 0 bridgehead atoms. The molecule has 6 heteroatoms. The molecule has 0 aliphatic carbocycles. The molecule has 1 unspecified atom stereocenters. The first kappa shape index (κ1) is 15.0. The topological polar surface area (TPSA) is 72.6 Å². The maximum absolute atomic E-state index is 12.6. The molecule has 0 radical (unpaired) electrons. The van der Waals surface area contributed by atoms with Crippen LogP contribution in [0.15, 0.2) is 29.2 Å². The minimum absolute atomic E-state index is 0.0845. The smallest absolute Gasteiger partial charge is 0.243 e. The molecule has 2 N–H and O–H groups in total. The van der Waals surface area contributed by atoms with E-state index < -0.39 is 10.0 Å². The van der Waals surface area contributed by atoms with Gasteiger partial charge in [-0.15, -0.1) is 0 Å². The highest BCUT2D eigenvalue weighted by Crippen LogP contribution is 2.19. The summed E-state index contributed by atoms with van der Waals surface area (Å²) in [6.45, 7) is 3.29. The Labute approximate surface area is 119 Å². The third-order valence-electron chi connectivity index (χ3n) is 3.01. The Hall–Kier alpha value is -1.39. The first-order valence-corrected chi connectivity index (χ1v) is 7.89. The van der Waals surface area contributed by atoms with Gasteiger partial charge in [-0.1, -0.05) is 17.9 Å². The molecular weight excluding hydrogens is 276 g/mol. The fourth-order valence-corrected chi connectivity index (χ4v) is 3.59. The number of morpholine rings is 1. The average molecular weight is 294 g/mol. The van der Waals surface area contributed by atoms with Gasteiger partial charge in [-0.3, -0.25) is 0 Å². The second-order valence-electron chi connectivity index (χ2n) is 4.58. The molecule has 1 aromatic carbocycles. The van der Waals surface area contributed by atoms with E-state index in [1.54, 1.807) is 24.3 Å². The third-order valence-corrected chi connectivity index (χ3v) is 4.87. The molecule has 20 heavy (non-hydrogen) atoms. The summed E-state index contributed by atoms with van der Waals surface area (Å²) >= 11 is 0. The van der Waals surface area contributed by atoms with E-state index >= 15 is 0 Å². The molecule has 1 aromatic rings. The Kier molecular flexibility index (Phi) is 4.78. The maximum atomic E-state index is 12.6. The van der Waals surface area contributed by atoms with Crippen LogP contribution in [0.1, 0.15) is 12.5 Å². The van der Waals surface area contributed by atoms with Crippen molar-refractivity contribution in [3.05, 3.63) is 29.8 Å². The first-order valence-electron chi connectivity index (χ1n) is 6.45. The summed E-state index contributed by atoms with van der Waals surface area (Å²) in [4.78, 5) is 0.260. The van der Waals surface area contributed by atoms with Crippen molar-refractivity contribution in [2.75, 3.05) is 26.2 Å². The van der Waals surface area contributed by atoms with Crippen LogP contribution in [-0.2, 0) is 14.8 Å². The average Bonchev–Trinajstić information content (AvgIpc) is 2.45. The van der Waals surface area contributed by atoms with E-state index in [1.807, 2.05) is 6.92 Å². The summed E-state index contributed by atoms with van der Waals surface area (Å²) in [6.07, 6.45) is -0.0845. The second-order valence-corrected chi connectivity index (χ2v) is 6.52. The van der Waals surface area contributed by atoms with Crippen molar-refractivity contribution in [2.45, 2.75) is 17.9 Å². The standard InChI is InChI=1S/C14H18N2O3S/c1-12-11-16(8-9-19-12)20(17,18)14-6-2-4-13(10-14)5-3-7-15/h2,4,6,10,12H,7-9,11,15H2,1H3. The van der Waals surface area contributed by atoms with Gasteiger partial charge in [0.1, 0.15) is 0 Å². The molecule has 5 nitrogen and oxygen atoms in total. The summed E-state index contributed by atoms with van der Waals surface area (Å²) in [5, 5.41) is 0. The van der Waals surface area contributed by atoms with Crippen LogP contribution in [0, 0.1) is 11.8 Å². The minimum atomic E-state index is -3.49. The van der Waals surface area contributed by atoms with Crippen molar-refractivity contribution in [1.29, 1.82) is 0 Å². The molecule has 1 saturated heterocycles. The van der Waals surface area contributed by atoms with Gasteiger partial charge in [0.15, 0.2) is 0 Å². The lowest BCUT2D eigenvalue weighted by atomic mass is 10.2. The summed E-state index contributed by atoms with van der Waals surface area (Å²) in [6, 6.07) is 6.63. The van der Waals surface area contributed by atoms with Gasteiger partial charge in [0.05, 0.1) is 24.2 Å². The van der Waals surface area contributed by atoms with Crippen molar-refractivity contribution in [1.82, 2.24) is 4.31 Å². The Morgan fingerprint density at radius 3 is 3.00 bits per heavy atom. The fraction of sp³-hybridized carbons (Fsp3) is 0.429. The largest absolute Gasteiger partial charge is 0.376 e. The molecule has 0 aromatic heterocycles. The van der Waals surface area contributed by atoms with Crippen molar-refractivity contribution >= 4 is 10.0 Å². The normalized spacial score (nSPS) is 20.2. The number of sulfonamides is 1. The number of benzene rings is 1. The lowest BCUT2D eigenvalue weighted by molar-refractivity contribution is 0.0102. The fourth-order valence-electron chi connectivity index (χ4n) is 2.04. The Morgan fingerprint density at radius 1 is 1.50 bits per heavy atom. The van der Waals surface area contributed by atoms with E-state index in [-0.39, 0.29) is 17.5 Å². The minimum Gasteiger partial charge on any atom is -0.376 e. The zero-order valence-electron chi connectivity index (χ0n) is 11.4. The van der Waals surface area contributed by atoms with Crippen LogP contribution in [-0.4, -0.2) is 45.1 Å². The van der Waals surface area contributed by atoms with Crippen LogP contribution in [0.3, 0.4) is 0 Å². The van der Waals surface area contributed by atoms with Crippen molar-refractivity contribution in [3.8, 4) is 11.8 Å². The monoisotopic (exact) mass is 294 g/mol. The molecule has 2 rings (SSSR count). The van der Waals surface area contributed by atoms with E-state index in [4.69, 9.17) is 10.5 Å². The molecular formula is C14H18N2O3S. The van der Waals surface area contributed by atoms with Crippen LogP contribution in [0.5, 0.6) is 0 Å². The Balaban J connectivity index is 2.29. The van der Waals surface area contributed by atoms with Crippen molar-refractivity contribution in [3.63, 3.8) is 0 Å². The lowest BCUT2D eigenvalue weighted by Crippen LogP contribution is -2.44. The molecule has 1 aliphatic heterocycles. The van der Waals surface area contributed by atoms with E-state index in [0.29, 0.717) is 25.3 Å². The number of ether oxygens (including phenoxy) is 1. The molecule has 1 atom stereocenters. The van der Waals surface area contributed by atoms with Gasteiger partial charge in [0.2, 0.25) is 10.0 Å². The lowest BCUT2D eigenvalue weighted by Gasteiger charge is -2.30. The van der Waals surface area contributed by atoms with Crippen molar-refractivity contribution < 1.29 is 13.2 Å². The quantitative estimate of drug-likeness (QED) is 0.802. The third kappa shape index (κ3) is 3.38. The van der Waals surface area contributed by atoms with E-state index in [0.717, 1.165) is 0 Å². The van der Waals surface area contributed by atoms with Crippen molar-refractivity contribution in [2.24, 2.45) is 5.73 Å². The molecule has 0 amide bonds. The maximum Gasteiger partial charge on any atom is 0.243 e. The number of rotatable bonds is 2. The van der Waals surface area contributed by atoms with Gasteiger partial charge < -0.3 is 10.5 Å². The molecule has 1 aliphatic rings. The summed E-state index contributed by atoms with van der Waals surface area (Å²) in [7, 11) is -3.49. The van der Waals surface area contributed by atoms with Crippen LogP contribution in [0.2, 0.25) is 0 Å². The number of nitrogens with zero attached hydrogens (tertiary/aromatic N) is 1. The zero-order chi connectivity index (χ0) is 14.6. The molecule has 0 saturated carbocycles. The predicted molar refractivity (Wildman–Crippen MR) is 76.5 cm³/mol. The summed E-state index contributed by atoms with van der Waals surface area (Å²) in [5.74, 6) is 5.57. The Bertz CT molecular complexity index is 631. The van der Waals surface area contributed by atoms with E-state index in [1.165, 1.54) is 4.31 Å². The zero-order valence-corrected chi connectivity index (χ0v) is 12.2. The molecule has 0 spiro atoms. The Morgan fingerprint density at radius 2 is 2.30 bits per heavy atom. The number of hydrogen-bond acceptors (Lipinski definition) is 4. The van der Waals surface area contributed by atoms with Crippen LogP contribution in [0.4, 0.5) is 0 Å². The highest BCUT2D eigenvalue weighted by molar-refractivity contribution is 7.89. The van der Waals surface area contributed by atoms with Gasteiger partial charge in [-0.25, -0.2) is 8.42 Å². The summed E-state index contributed by atoms with van der Waals surface area (Å²) < 4.78 is 31.9. The predicted octanol–water partition coefficient (Wildman–Crippen LogP) is 0.406. The van der Waals surface area contributed by atoms with Crippen LogP contribution in [0.25, 0.3) is 0 Å². The van der Waals surface area contributed by atoms with Gasteiger partial charge in [-0.2, -0.15) is 4.31 Å². The van der Waals surface area contributed by atoms with Gasteiger partial charge >= 0.3 is 0 Å². The molecule has 1 fully saturated rings. The highest BCUT2D eigenvalue weighted by Gasteiger charge is 2.29. The van der Waals surface area contributed by atoms with E-state index in [2.05, 4.69) is 11.8 Å². The summed E-state index contributed by atoms with van der Waals surface area (Å²) in [5.41, 5.74) is 5.97. The first-order chi connectivity index (χ1) is 9.54. The highest BCUT2D eigenvalue weighted by atomic mass is 32.2. The van der Waals surface area contributed by atoms with Gasteiger partial charge in [0.25, 0.3) is 0 Å².